The van der Waals surface area contributed by atoms with Crippen LogP contribution >= 0.6 is 0 Å². The van der Waals surface area contributed by atoms with E-state index in [9.17, 15) is 0 Å². The van der Waals surface area contributed by atoms with E-state index in [1.807, 2.05) is 42.3 Å². The standard InChI is InChI=1S/C21H21N5/c1-26-15-19(21(25-26)18-8-3-10-22-13-18)14-23-12-9-17-6-2-5-16-7-4-11-24-20(16)17/h2-8,10-11,13,15,23H,9,12,14H2,1H3. The summed E-state index contributed by atoms with van der Waals surface area (Å²) in [4.78, 5) is 8.73. The van der Waals surface area contributed by atoms with Crippen LogP contribution in [0.2, 0.25) is 0 Å². The lowest BCUT2D eigenvalue weighted by molar-refractivity contribution is 0.687. The second kappa shape index (κ2) is 7.45. The molecule has 0 unspecified atom stereocenters. The molecule has 0 fully saturated rings. The SMILES string of the molecule is Cn1cc(CNCCc2cccc3cccnc23)c(-c2cccnc2)n1. The second-order valence-corrected chi connectivity index (χ2v) is 6.34. The molecule has 0 saturated carbocycles. The number of hydrogen-bond donors (Lipinski definition) is 1. The zero-order chi connectivity index (χ0) is 17.8. The molecule has 130 valence electrons. The molecule has 0 bridgehead atoms. The molecule has 1 N–H and O–H groups in total. The van der Waals surface area contributed by atoms with Gasteiger partial charge in [0.2, 0.25) is 0 Å². The molecule has 1 aromatic carbocycles. The van der Waals surface area contributed by atoms with Crippen molar-refractivity contribution in [2.24, 2.45) is 7.05 Å². The highest BCUT2D eigenvalue weighted by atomic mass is 15.3. The van der Waals surface area contributed by atoms with Crippen molar-refractivity contribution in [3.63, 3.8) is 0 Å². The van der Waals surface area contributed by atoms with Gasteiger partial charge >= 0.3 is 0 Å². The Morgan fingerprint density at radius 1 is 1.00 bits per heavy atom. The first-order chi connectivity index (χ1) is 12.8. The molecule has 5 nitrogen and oxygen atoms in total. The number of aromatic nitrogens is 4. The van der Waals surface area contributed by atoms with Gasteiger partial charge in [-0.05, 0) is 36.7 Å². The van der Waals surface area contributed by atoms with Gasteiger partial charge < -0.3 is 5.32 Å². The number of hydrogen-bond acceptors (Lipinski definition) is 4. The molecular weight excluding hydrogens is 322 g/mol. The number of pyridine rings is 2. The zero-order valence-electron chi connectivity index (χ0n) is 14.8. The summed E-state index contributed by atoms with van der Waals surface area (Å²) in [6.45, 7) is 1.66. The molecule has 3 aromatic heterocycles. The lowest BCUT2D eigenvalue weighted by atomic mass is 10.1. The summed E-state index contributed by atoms with van der Waals surface area (Å²) >= 11 is 0. The van der Waals surface area contributed by atoms with Crippen molar-refractivity contribution in [1.29, 1.82) is 0 Å². The summed E-state index contributed by atoms with van der Waals surface area (Å²) in [7, 11) is 1.95. The van der Waals surface area contributed by atoms with Crippen molar-refractivity contribution in [1.82, 2.24) is 25.1 Å². The highest BCUT2D eigenvalue weighted by Gasteiger charge is 2.10. The van der Waals surface area contributed by atoms with Crippen molar-refractivity contribution in [2.45, 2.75) is 13.0 Å². The predicted octanol–water partition coefficient (Wildman–Crippen LogP) is 3.36. The van der Waals surface area contributed by atoms with E-state index in [2.05, 4.69) is 50.8 Å². The third kappa shape index (κ3) is 3.48. The molecule has 0 amide bonds. The molecule has 0 aliphatic carbocycles. The van der Waals surface area contributed by atoms with Crippen molar-refractivity contribution in [3.05, 3.63) is 78.4 Å². The van der Waals surface area contributed by atoms with E-state index in [0.29, 0.717) is 0 Å². The molecule has 3 heterocycles. The third-order valence-corrected chi connectivity index (χ3v) is 4.44. The summed E-state index contributed by atoms with van der Waals surface area (Å²) in [5.74, 6) is 0. The summed E-state index contributed by atoms with van der Waals surface area (Å²) in [6, 6.07) is 14.4. The second-order valence-electron chi connectivity index (χ2n) is 6.34. The molecule has 0 spiro atoms. The summed E-state index contributed by atoms with van der Waals surface area (Å²) < 4.78 is 1.86. The number of rotatable bonds is 6. The Kier molecular flexibility index (Phi) is 4.71. The normalized spacial score (nSPS) is 11.1. The number of benzene rings is 1. The maximum Gasteiger partial charge on any atom is 0.0983 e. The number of nitrogens with zero attached hydrogens (tertiary/aromatic N) is 4. The zero-order valence-corrected chi connectivity index (χ0v) is 14.8. The van der Waals surface area contributed by atoms with Crippen LogP contribution in [0.4, 0.5) is 0 Å². The maximum atomic E-state index is 4.59. The lowest BCUT2D eigenvalue weighted by Gasteiger charge is -2.07. The highest BCUT2D eigenvalue weighted by Crippen LogP contribution is 2.21. The first-order valence-corrected chi connectivity index (χ1v) is 8.77. The minimum atomic E-state index is 0.774. The van der Waals surface area contributed by atoms with E-state index < -0.39 is 0 Å². The van der Waals surface area contributed by atoms with E-state index >= 15 is 0 Å². The van der Waals surface area contributed by atoms with Gasteiger partial charge in [0, 0.05) is 54.9 Å². The van der Waals surface area contributed by atoms with E-state index in [4.69, 9.17) is 0 Å². The average Bonchev–Trinajstić information content (AvgIpc) is 3.06. The number of para-hydroxylation sites is 1. The van der Waals surface area contributed by atoms with E-state index in [1.165, 1.54) is 16.5 Å². The van der Waals surface area contributed by atoms with Gasteiger partial charge in [-0.3, -0.25) is 14.6 Å². The van der Waals surface area contributed by atoms with Gasteiger partial charge in [-0.25, -0.2) is 0 Å². The molecule has 26 heavy (non-hydrogen) atoms. The first-order valence-electron chi connectivity index (χ1n) is 8.77. The van der Waals surface area contributed by atoms with Gasteiger partial charge in [-0.1, -0.05) is 24.3 Å². The first kappa shape index (κ1) is 16.4. The fourth-order valence-corrected chi connectivity index (χ4v) is 3.23. The summed E-state index contributed by atoms with van der Waals surface area (Å²) in [5.41, 5.74) is 5.57. The predicted molar refractivity (Wildman–Crippen MR) is 104 cm³/mol. The molecule has 0 aliphatic heterocycles. The Hall–Kier alpha value is -3.05. The van der Waals surface area contributed by atoms with Crippen molar-refractivity contribution in [2.75, 3.05) is 6.54 Å². The number of fused-ring (bicyclic) bond motifs is 1. The van der Waals surface area contributed by atoms with Crippen molar-refractivity contribution >= 4 is 10.9 Å². The Balaban J connectivity index is 1.43. The molecule has 4 rings (SSSR count). The van der Waals surface area contributed by atoms with E-state index in [0.717, 1.165) is 36.3 Å². The van der Waals surface area contributed by atoms with Gasteiger partial charge in [0.15, 0.2) is 0 Å². The molecular formula is C21H21N5. The van der Waals surface area contributed by atoms with Crippen LogP contribution in [0.3, 0.4) is 0 Å². The topological polar surface area (TPSA) is 55.6 Å². The van der Waals surface area contributed by atoms with Gasteiger partial charge in [-0.15, -0.1) is 0 Å². The van der Waals surface area contributed by atoms with Crippen molar-refractivity contribution in [3.8, 4) is 11.3 Å². The smallest absolute Gasteiger partial charge is 0.0983 e. The van der Waals surface area contributed by atoms with Crippen LogP contribution < -0.4 is 5.32 Å². The minimum absolute atomic E-state index is 0.774. The Morgan fingerprint density at radius 2 is 1.88 bits per heavy atom. The highest BCUT2D eigenvalue weighted by molar-refractivity contribution is 5.81. The molecule has 0 atom stereocenters. The number of aryl methyl sites for hydroxylation is 1. The third-order valence-electron chi connectivity index (χ3n) is 4.44. The van der Waals surface area contributed by atoms with Crippen LogP contribution in [0.1, 0.15) is 11.1 Å². The van der Waals surface area contributed by atoms with Gasteiger partial charge in [0.25, 0.3) is 0 Å². The van der Waals surface area contributed by atoms with Gasteiger partial charge in [0.1, 0.15) is 0 Å². The molecule has 0 radical (unpaired) electrons. The Bertz CT molecular complexity index is 1000. The van der Waals surface area contributed by atoms with Crippen LogP contribution in [-0.2, 0) is 20.0 Å². The van der Waals surface area contributed by atoms with Gasteiger partial charge in [0.05, 0.1) is 11.2 Å². The molecule has 0 aliphatic rings. The van der Waals surface area contributed by atoms with E-state index in [-0.39, 0.29) is 0 Å². The van der Waals surface area contributed by atoms with Gasteiger partial charge in [-0.2, -0.15) is 5.10 Å². The molecule has 4 aromatic rings. The average molecular weight is 343 g/mol. The summed E-state index contributed by atoms with van der Waals surface area (Å²) in [6.07, 6.45) is 8.50. The summed E-state index contributed by atoms with van der Waals surface area (Å²) in [5, 5.41) is 9.31. The fraction of sp³-hybridized carbons (Fsp3) is 0.190. The Labute approximate surface area is 152 Å². The van der Waals surface area contributed by atoms with Crippen LogP contribution in [0.15, 0.2) is 67.3 Å². The maximum absolute atomic E-state index is 4.59. The van der Waals surface area contributed by atoms with Crippen LogP contribution in [0.25, 0.3) is 22.2 Å². The molecule has 0 saturated heterocycles. The fourth-order valence-electron chi connectivity index (χ4n) is 3.23. The minimum Gasteiger partial charge on any atom is -0.312 e. The monoisotopic (exact) mass is 343 g/mol. The number of nitrogens with one attached hydrogen (secondary N) is 1. The lowest BCUT2D eigenvalue weighted by Crippen LogP contribution is -2.17. The molecule has 5 heteroatoms. The van der Waals surface area contributed by atoms with Crippen LogP contribution in [0, 0.1) is 0 Å². The van der Waals surface area contributed by atoms with Crippen LogP contribution in [-0.4, -0.2) is 26.3 Å². The van der Waals surface area contributed by atoms with E-state index in [1.54, 1.807) is 6.20 Å². The van der Waals surface area contributed by atoms with Crippen molar-refractivity contribution < 1.29 is 0 Å². The quantitative estimate of drug-likeness (QED) is 0.546. The van der Waals surface area contributed by atoms with Crippen LogP contribution in [0.5, 0.6) is 0 Å². The Morgan fingerprint density at radius 3 is 2.77 bits per heavy atom. The largest absolute Gasteiger partial charge is 0.312 e.